The van der Waals surface area contributed by atoms with Crippen LogP contribution < -0.4 is 0 Å². The van der Waals surface area contributed by atoms with Gasteiger partial charge in [0.25, 0.3) is 10.1 Å². The fourth-order valence-corrected chi connectivity index (χ4v) is 3.67. The minimum Gasteiger partial charge on any atom is -0.282 e. The quantitative estimate of drug-likeness (QED) is 0.559. The summed E-state index contributed by atoms with van der Waals surface area (Å²) < 4.78 is 32.6. The molecule has 1 aromatic carbocycles. The van der Waals surface area contributed by atoms with Gasteiger partial charge in [0.1, 0.15) is 4.90 Å². The zero-order valence-electron chi connectivity index (χ0n) is 13.6. The maximum absolute atomic E-state index is 11.6. The Kier molecular flexibility index (Phi) is 6.88. The van der Waals surface area contributed by atoms with Gasteiger partial charge in [-0.1, -0.05) is 51.7 Å². The molecule has 0 atom stereocenters. The van der Waals surface area contributed by atoms with E-state index in [1.54, 1.807) is 6.92 Å². The van der Waals surface area contributed by atoms with Crippen LogP contribution in [0.15, 0.2) is 17.0 Å². The second-order valence-corrected chi connectivity index (χ2v) is 7.68. The lowest BCUT2D eigenvalue weighted by Crippen LogP contribution is -2.07. The van der Waals surface area contributed by atoms with Crippen LogP contribution >= 0.6 is 0 Å². The highest BCUT2D eigenvalue weighted by molar-refractivity contribution is 7.86. The number of rotatable bonds is 8. The second kappa shape index (κ2) is 7.95. The monoisotopic (exact) mass is 312 g/mol. The molecule has 0 bridgehead atoms. The number of benzene rings is 1. The maximum atomic E-state index is 11.6. The second-order valence-electron chi connectivity index (χ2n) is 6.32. The molecule has 0 fully saturated rings. The Labute approximate surface area is 129 Å². The largest absolute Gasteiger partial charge is 0.295 e. The standard InChI is InChI=1S/C17H28O3S/c1-13(2)9-7-5-6-8-10-16-12-11-14(3)15(4)17(16)21(18,19)20/h11-13H,5-10H2,1-4H3,(H,18,19,20). The summed E-state index contributed by atoms with van der Waals surface area (Å²) in [4.78, 5) is 0.115. The van der Waals surface area contributed by atoms with E-state index < -0.39 is 10.1 Å². The Hall–Kier alpha value is -0.870. The van der Waals surface area contributed by atoms with Crippen LogP contribution in [0.25, 0.3) is 0 Å². The van der Waals surface area contributed by atoms with Gasteiger partial charge in [-0.05, 0) is 49.3 Å². The average molecular weight is 312 g/mol. The van der Waals surface area contributed by atoms with Crippen LogP contribution in [0.1, 0.15) is 62.6 Å². The van der Waals surface area contributed by atoms with Crippen molar-refractivity contribution in [3.8, 4) is 0 Å². The van der Waals surface area contributed by atoms with E-state index in [2.05, 4.69) is 13.8 Å². The van der Waals surface area contributed by atoms with Crippen LogP contribution in [-0.2, 0) is 16.5 Å². The Balaban J connectivity index is 2.66. The molecule has 4 heteroatoms. The highest BCUT2D eigenvalue weighted by Crippen LogP contribution is 2.25. The number of hydrogen-bond acceptors (Lipinski definition) is 2. The van der Waals surface area contributed by atoms with Crippen molar-refractivity contribution in [2.75, 3.05) is 0 Å². The van der Waals surface area contributed by atoms with E-state index in [0.717, 1.165) is 29.9 Å². The molecule has 0 spiro atoms. The topological polar surface area (TPSA) is 54.4 Å². The van der Waals surface area contributed by atoms with Crippen molar-refractivity contribution in [1.82, 2.24) is 0 Å². The SMILES string of the molecule is Cc1ccc(CCCCCCC(C)C)c(S(=O)(=O)O)c1C. The third kappa shape index (κ3) is 5.79. The van der Waals surface area contributed by atoms with Gasteiger partial charge >= 0.3 is 0 Å². The smallest absolute Gasteiger partial charge is 0.282 e. The Morgan fingerprint density at radius 3 is 2.24 bits per heavy atom. The van der Waals surface area contributed by atoms with Gasteiger partial charge in [-0.3, -0.25) is 4.55 Å². The first-order chi connectivity index (χ1) is 9.73. The molecule has 0 saturated carbocycles. The number of aryl methyl sites for hydroxylation is 2. The van der Waals surface area contributed by atoms with E-state index in [4.69, 9.17) is 0 Å². The molecule has 0 aromatic heterocycles. The van der Waals surface area contributed by atoms with Gasteiger partial charge < -0.3 is 0 Å². The number of hydrogen-bond donors (Lipinski definition) is 1. The Morgan fingerprint density at radius 2 is 1.67 bits per heavy atom. The van der Waals surface area contributed by atoms with E-state index in [-0.39, 0.29) is 4.90 Å². The van der Waals surface area contributed by atoms with Crippen molar-refractivity contribution in [1.29, 1.82) is 0 Å². The minimum atomic E-state index is -4.15. The molecular formula is C17H28O3S. The summed E-state index contributed by atoms with van der Waals surface area (Å²) in [5.74, 6) is 0.746. The lowest BCUT2D eigenvalue weighted by Gasteiger charge is -2.12. The molecule has 0 amide bonds. The summed E-state index contributed by atoms with van der Waals surface area (Å²) in [6.45, 7) is 8.07. The summed E-state index contributed by atoms with van der Waals surface area (Å²) >= 11 is 0. The molecule has 0 unspecified atom stereocenters. The van der Waals surface area contributed by atoms with Crippen molar-refractivity contribution in [2.24, 2.45) is 5.92 Å². The highest BCUT2D eigenvalue weighted by Gasteiger charge is 2.19. The van der Waals surface area contributed by atoms with Gasteiger partial charge in [-0.15, -0.1) is 0 Å². The van der Waals surface area contributed by atoms with E-state index >= 15 is 0 Å². The molecule has 0 aliphatic carbocycles. The van der Waals surface area contributed by atoms with Gasteiger partial charge in [0.05, 0.1) is 0 Å². The normalized spacial score (nSPS) is 12.1. The fraction of sp³-hybridized carbons (Fsp3) is 0.647. The highest BCUT2D eigenvalue weighted by atomic mass is 32.2. The zero-order chi connectivity index (χ0) is 16.0. The third-order valence-corrected chi connectivity index (χ3v) is 5.08. The molecule has 1 rings (SSSR count). The molecule has 0 radical (unpaired) electrons. The third-order valence-electron chi connectivity index (χ3n) is 3.99. The molecular weight excluding hydrogens is 284 g/mol. The average Bonchev–Trinajstić information content (AvgIpc) is 2.35. The molecule has 0 aliphatic heterocycles. The molecule has 0 saturated heterocycles. The van der Waals surface area contributed by atoms with Crippen molar-refractivity contribution in [3.05, 3.63) is 28.8 Å². The van der Waals surface area contributed by atoms with Crippen molar-refractivity contribution in [3.63, 3.8) is 0 Å². The van der Waals surface area contributed by atoms with Gasteiger partial charge in [-0.25, -0.2) is 0 Å². The van der Waals surface area contributed by atoms with E-state index in [9.17, 15) is 13.0 Å². The van der Waals surface area contributed by atoms with E-state index in [1.807, 2.05) is 19.1 Å². The lowest BCUT2D eigenvalue weighted by atomic mass is 10.00. The van der Waals surface area contributed by atoms with Crippen molar-refractivity contribution < 1.29 is 13.0 Å². The first-order valence-electron chi connectivity index (χ1n) is 7.80. The fourth-order valence-electron chi connectivity index (χ4n) is 2.62. The van der Waals surface area contributed by atoms with E-state index in [0.29, 0.717) is 12.0 Å². The van der Waals surface area contributed by atoms with Crippen LogP contribution in [0.4, 0.5) is 0 Å². The summed E-state index contributed by atoms with van der Waals surface area (Å²) in [5.41, 5.74) is 2.29. The molecule has 120 valence electrons. The maximum Gasteiger partial charge on any atom is 0.295 e. The predicted octanol–water partition coefficient (Wildman–Crippen LogP) is 4.70. The van der Waals surface area contributed by atoms with Crippen LogP contribution in [0.3, 0.4) is 0 Å². The zero-order valence-corrected chi connectivity index (χ0v) is 14.5. The van der Waals surface area contributed by atoms with Crippen LogP contribution in [0.2, 0.25) is 0 Å². The molecule has 0 heterocycles. The summed E-state index contributed by atoms with van der Waals surface area (Å²) in [7, 11) is -4.15. The van der Waals surface area contributed by atoms with Crippen LogP contribution in [0.5, 0.6) is 0 Å². The van der Waals surface area contributed by atoms with Crippen LogP contribution in [-0.4, -0.2) is 13.0 Å². The lowest BCUT2D eigenvalue weighted by molar-refractivity contribution is 0.480. The molecule has 0 aliphatic rings. The first kappa shape index (κ1) is 18.2. The summed E-state index contributed by atoms with van der Waals surface area (Å²) in [5, 5.41) is 0. The van der Waals surface area contributed by atoms with Crippen molar-refractivity contribution in [2.45, 2.75) is 71.1 Å². The van der Waals surface area contributed by atoms with E-state index in [1.165, 1.54) is 19.3 Å². The minimum absolute atomic E-state index is 0.115. The Bertz CT molecular complexity index is 560. The van der Waals surface area contributed by atoms with Gasteiger partial charge in [0.2, 0.25) is 0 Å². The summed E-state index contributed by atoms with van der Waals surface area (Å²) in [6.07, 6.45) is 6.44. The first-order valence-corrected chi connectivity index (χ1v) is 9.24. The van der Waals surface area contributed by atoms with Crippen LogP contribution in [0, 0.1) is 19.8 Å². The van der Waals surface area contributed by atoms with Gasteiger partial charge in [-0.2, -0.15) is 8.42 Å². The number of unbranched alkanes of at least 4 members (excludes halogenated alkanes) is 3. The van der Waals surface area contributed by atoms with Gasteiger partial charge in [0, 0.05) is 0 Å². The molecule has 21 heavy (non-hydrogen) atoms. The molecule has 1 aromatic rings. The molecule has 3 nitrogen and oxygen atoms in total. The predicted molar refractivity (Wildman–Crippen MR) is 87.4 cm³/mol. The van der Waals surface area contributed by atoms with Gasteiger partial charge in [0.15, 0.2) is 0 Å². The Morgan fingerprint density at radius 1 is 1.05 bits per heavy atom. The summed E-state index contributed by atoms with van der Waals surface area (Å²) in [6, 6.07) is 3.76. The molecule has 1 N–H and O–H groups in total. The van der Waals surface area contributed by atoms with Crippen molar-refractivity contribution >= 4 is 10.1 Å².